The third-order valence-electron chi connectivity index (χ3n) is 4.29. The van der Waals surface area contributed by atoms with Gasteiger partial charge >= 0.3 is 5.97 Å². The lowest BCUT2D eigenvalue weighted by molar-refractivity contribution is -0.133. The Kier molecular flexibility index (Phi) is 3.12. The van der Waals surface area contributed by atoms with E-state index in [1.54, 1.807) is 5.38 Å². The average Bonchev–Trinajstić information content (AvgIpc) is 2.98. The minimum absolute atomic E-state index is 0.0269. The van der Waals surface area contributed by atoms with E-state index in [0.717, 1.165) is 41.9 Å². The number of carboxylic acids is 1. The first-order valence-electron chi connectivity index (χ1n) is 6.69. The fourth-order valence-electron chi connectivity index (χ4n) is 3.34. The van der Waals surface area contributed by atoms with E-state index >= 15 is 0 Å². The maximum absolute atomic E-state index is 12.4. The molecule has 3 rings (SSSR count). The smallest absolute Gasteiger partial charge is 0.338 e. The summed E-state index contributed by atoms with van der Waals surface area (Å²) in [5.41, 5.74) is -0.134. The minimum Gasteiger partial charge on any atom is -0.478 e. The quantitative estimate of drug-likeness (QED) is 0.851. The zero-order valence-electron chi connectivity index (χ0n) is 10.9. The second kappa shape index (κ2) is 4.70. The van der Waals surface area contributed by atoms with Gasteiger partial charge in [0.05, 0.1) is 5.56 Å². The summed E-state index contributed by atoms with van der Waals surface area (Å²) >= 11 is 1.13. The predicted octanol–water partition coefficient (Wildman–Crippen LogP) is 2.66. The van der Waals surface area contributed by atoms with Crippen LogP contribution in [-0.2, 0) is 9.59 Å². The van der Waals surface area contributed by atoms with Gasteiger partial charge in [0.1, 0.15) is 5.00 Å². The van der Waals surface area contributed by atoms with Crippen molar-refractivity contribution in [3.63, 3.8) is 0 Å². The number of carbonyl (C=O) groups is 3. The van der Waals surface area contributed by atoms with Crippen LogP contribution in [0.3, 0.4) is 0 Å². The van der Waals surface area contributed by atoms with Crippen LogP contribution in [0.1, 0.15) is 48.9 Å². The van der Waals surface area contributed by atoms with Gasteiger partial charge in [0.25, 0.3) is 0 Å². The molecule has 1 aliphatic carbocycles. The highest BCUT2D eigenvalue weighted by atomic mass is 32.1. The van der Waals surface area contributed by atoms with Gasteiger partial charge in [-0.1, -0.05) is 12.8 Å². The molecule has 0 bridgehead atoms. The summed E-state index contributed by atoms with van der Waals surface area (Å²) in [6.45, 7) is 0. The van der Waals surface area contributed by atoms with Crippen molar-refractivity contribution in [2.75, 3.05) is 4.90 Å². The molecule has 1 saturated heterocycles. The number of aromatic carboxylic acids is 1. The SMILES string of the molecule is O=C(O)c1ccsc1N1C(=O)CC2(CCCC2)CC1=O. The van der Waals surface area contributed by atoms with E-state index in [1.165, 1.54) is 6.07 Å². The van der Waals surface area contributed by atoms with Crippen molar-refractivity contribution in [1.82, 2.24) is 0 Å². The monoisotopic (exact) mass is 293 g/mol. The Balaban J connectivity index is 1.92. The van der Waals surface area contributed by atoms with Gasteiger partial charge in [0, 0.05) is 12.8 Å². The van der Waals surface area contributed by atoms with Crippen molar-refractivity contribution in [3.05, 3.63) is 17.0 Å². The first-order valence-corrected chi connectivity index (χ1v) is 7.57. The first-order chi connectivity index (χ1) is 9.52. The third-order valence-corrected chi connectivity index (χ3v) is 5.19. The van der Waals surface area contributed by atoms with Crippen LogP contribution < -0.4 is 4.90 Å². The van der Waals surface area contributed by atoms with Crippen LogP contribution in [0.25, 0.3) is 0 Å². The zero-order valence-corrected chi connectivity index (χ0v) is 11.7. The lowest BCUT2D eigenvalue weighted by atomic mass is 9.76. The molecule has 1 N–H and O–H groups in total. The molecule has 0 radical (unpaired) electrons. The normalized spacial score (nSPS) is 21.7. The molecule has 6 heteroatoms. The maximum atomic E-state index is 12.4. The lowest BCUT2D eigenvalue weighted by Gasteiger charge is -2.36. The molecule has 1 saturated carbocycles. The number of hydrogen-bond donors (Lipinski definition) is 1. The number of carbonyl (C=O) groups excluding carboxylic acids is 2. The number of hydrogen-bond acceptors (Lipinski definition) is 4. The highest BCUT2D eigenvalue weighted by Crippen LogP contribution is 2.48. The van der Waals surface area contributed by atoms with Crippen LogP contribution in [0.15, 0.2) is 11.4 Å². The molecular weight excluding hydrogens is 278 g/mol. The molecule has 2 amide bonds. The third kappa shape index (κ3) is 2.04. The topological polar surface area (TPSA) is 74.7 Å². The molecule has 1 aliphatic heterocycles. The van der Waals surface area contributed by atoms with Crippen molar-refractivity contribution >= 4 is 34.1 Å². The molecule has 1 aromatic heterocycles. The Morgan fingerprint density at radius 1 is 1.20 bits per heavy atom. The van der Waals surface area contributed by atoms with Gasteiger partial charge in [-0.3, -0.25) is 9.59 Å². The van der Waals surface area contributed by atoms with Crippen molar-refractivity contribution in [1.29, 1.82) is 0 Å². The van der Waals surface area contributed by atoms with E-state index < -0.39 is 5.97 Å². The first kappa shape index (κ1) is 13.3. The second-order valence-electron chi connectivity index (χ2n) is 5.63. The van der Waals surface area contributed by atoms with Crippen LogP contribution >= 0.6 is 11.3 Å². The molecule has 2 aliphatic rings. The van der Waals surface area contributed by atoms with Crippen molar-refractivity contribution in [3.8, 4) is 0 Å². The van der Waals surface area contributed by atoms with Gasteiger partial charge in [0.15, 0.2) is 0 Å². The highest BCUT2D eigenvalue weighted by Gasteiger charge is 2.46. The summed E-state index contributed by atoms with van der Waals surface area (Å²) in [5, 5.41) is 11.0. The van der Waals surface area contributed by atoms with Gasteiger partial charge in [0.2, 0.25) is 11.8 Å². The number of piperidine rings is 1. The molecule has 0 aromatic carbocycles. The van der Waals surface area contributed by atoms with E-state index in [1.807, 2.05) is 0 Å². The fraction of sp³-hybridized carbons (Fsp3) is 0.500. The van der Waals surface area contributed by atoms with Crippen LogP contribution in [0.2, 0.25) is 0 Å². The summed E-state index contributed by atoms with van der Waals surface area (Å²) in [6.07, 6.45) is 4.70. The number of rotatable bonds is 2. The molecular formula is C14H15NO4S. The van der Waals surface area contributed by atoms with Gasteiger partial charge in [-0.25, -0.2) is 9.69 Å². The Hall–Kier alpha value is -1.69. The highest BCUT2D eigenvalue weighted by molar-refractivity contribution is 7.15. The van der Waals surface area contributed by atoms with Crippen molar-refractivity contribution < 1.29 is 19.5 Å². The van der Waals surface area contributed by atoms with E-state index in [4.69, 9.17) is 5.11 Å². The van der Waals surface area contributed by atoms with Gasteiger partial charge in [-0.05, 0) is 29.7 Å². The number of imide groups is 1. The van der Waals surface area contributed by atoms with E-state index in [0.29, 0.717) is 12.8 Å². The Labute approximate surface area is 120 Å². The molecule has 5 nitrogen and oxygen atoms in total. The summed E-state index contributed by atoms with van der Waals surface area (Å²) < 4.78 is 0. The van der Waals surface area contributed by atoms with Crippen LogP contribution in [0, 0.1) is 5.41 Å². The summed E-state index contributed by atoms with van der Waals surface area (Å²) in [7, 11) is 0. The molecule has 1 spiro atoms. The molecule has 2 heterocycles. The molecule has 1 aromatic rings. The molecule has 20 heavy (non-hydrogen) atoms. The number of thiophene rings is 1. The van der Waals surface area contributed by atoms with Gasteiger partial charge in [-0.2, -0.15) is 0 Å². The van der Waals surface area contributed by atoms with Crippen LogP contribution in [-0.4, -0.2) is 22.9 Å². The Morgan fingerprint density at radius 3 is 2.35 bits per heavy atom. The van der Waals surface area contributed by atoms with Gasteiger partial charge < -0.3 is 5.11 Å². The number of carboxylic acid groups (broad SMARTS) is 1. The average molecular weight is 293 g/mol. The molecule has 0 unspecified atom stereocenters. The Morgan fingerprint density at radius 2 is 1.80 bits per heavy atom. The predicted molar refractivity (Wildman–Crippen MR) is 73.9 cm³/mol. The molecule has 0 atom stereocenters. The van der Waals surface area contributed by atoms with Gasteiger partial charge in [-0.15, -0.1) is 11.3 Å². The van der Waals surface area contributed by atoms with E-state index in [9.17, 15) is 14.4 Å². The lowest BCUT2D eigenvalue weighted by Crippen LogP contribution is -2.47. The zero-order chi connectivity index (χ0) is 14.3. The fourth-order valence-corrected chi connectivity index (χ4v) is 4.27. The number of nitrogens with zero attached hydrogens (tertiary/aromatic N) is 1. The minimum atomic E-state index is -1.11. The maximum Gasteiger partial charge on any atom is 0.338 e. The molecule has 2 fully saturated rings. The van der Waals surface area contributed by atoms with Crippen molar-refractivity contribution in [2.45, 2.75) is 38.5 Å². The largest absolute Gasteiger partial charge is 0.478 e. The number of anilines is 1. The van der Waals surface area contributed by atoms with Crippen LogP contribution in [0.4, 0.5) is 5.00 Å². The standard InChI is InChI=1S/C14H15NO4S/c16-10-7-14(4-1-2-5-14)8-11(17)15(10)12-9(13(18)19)3-6-20-12/h3,6H,1-2,4-5,7-8H2,(H,18,19). The van der Waals surface area contributed by atoms with E-state index in [-0.39, 0.29) is 27.8 Å². The molecule has 106 valence electrons. The van der Waals surface area contributed by atoms with Crippen LogP contribution in [0.5, 0.6) is 0 Å². The summed E-state index contributed by atoms with van der Waals surface area (Å²) in [5.74, 6) is -1.62. The Bertz CT molecular complexity index is 566. The summed E-state index contributed by atoms with van der Waals surface area (Å²) in [6, 6.07) is 1.43. The van der Waals surface area contributed by atoms with E-state index in [2.05, 4.69) is 0 Å². The number of amides is 2. The second-order valence-corrected chi connectivity index (χ2v) is 6.52. The summed E-state index contributed by atoms with van der Waals surface area (Å²) in [4.78, 5) is 36.9. The van der Waals surface area contributed by atoms with Crippen molar-refractivity contribution in [2.24, 2.45) is 5.41 Å².